The summed E-state index contributed by atoms with van der Waals surface area (Å²) in [5, 5.41) is 14.2. The van der Waals surface area contributed by atoms with Gasteiger partial charge in [0.1, 0.15) is 12.4 Å². The van der Waals surface area contributed by atoms with Crippen LogP contribution in [-0.4, -0.2) is 62.6 Å². The highest BCUT2D eigenvalue weighted by molar-refractivity contribution is 5.97. The first-order valence-electron chi connectivity index (χ1n) is 9.61. The van der Waals surface area contributed by atoms with E-state index in [1.54, 1.807) is 0 Å². The molecule has 2 aliphatic rings. The van der Waals surface area contributed by atoms with E-state index in [-0.39, 0.29) is 18.4 Å². The van der Waals surface area contributed by atoms with Crippen molar-refractivity contribution in [2.45, 2.75) is 44.6 Å². The lowest BCUT2D eigenvalue weighted by Crippen LogP contribution is -2.51. The number of rotatable bonds is 8. The predicted octanol–water partition coefficient (Wildman–Crippen LogP) is 0.565. The van der Waals surface area contributed by atoms with Gasteiger partial charge in [0.05, 0.1) is 30.5 Å². The Labute approximate surface area is 163 Å². The monoisotopic (exact) mass is 390 g/mol. The van der Waals surface area contributed by atoms with Crippen LogP contribution in [0, 0.1) is 11.8 Å². The fraction of sp³-hybridized carbons (Fsp3) is 0.611. The molecular weight excluding hydrogens is 364 g/mol. The third-order valence-electron chi connectivity index (χ3n) is 5.35. The summed E-state index contributed by atoms with van der Waals surface area (Å²) >= 11 is 0. The minimum Gasteiger partial charge on any atom is -0.322 e. The standard InChI is InChI=1S/C18H26N6O4/c25-12-23(28)10-14(7-13-3-1-2-4-13)18(27)24-16(5-6-21-24)17(26)22-15-8-19-11-20-9-15/h8-9,11-14,16,21,28H,1-7,10H2,(H,22,26). The molecule has 2 fully saturated rings. The molecule has 3 rings (SSSR count). The van der Waals surface area contributed by atoms with Crippen LogP contribution in [0.25, 0.3) is 0 Å². The highest BCUT2D eigenvalue weighted by Crippen LogP contribution is 2.31. The van der Waals surface area contributed by atoms with Crippen LogP contribution in [0.1, 0.15) is 38.5 Å². The Bertz CT molecular complexity index is 682. The van der Waals surface area contributed by atoms with Crippen LogP contribution in [0.15, 0.2) is 18.7 Å². The van der Waals surface area contributed by atoms with E-state index in [0.29, 0.717) is 42.5 Å². The number of anilines is 1. The number of hydrogen-bond acceptors (Lipinski definition) is 7. The maximum atomic E-state index is 13.2. The zero-order valence-electron chi connectivity index (χ0n) is 15.7. The average Bonchev–Trinajstić information content (AvgIpc) is 3.39. The van der Waals surface area contributed by atoms with E-state index >= 15 is 0 Å². The fourth-order valence-electron chi connectivity index (χ4n) is 4.00. The van der Waals surface area contributed by atoms with Gasteiger partial charge in [0.25, 0.3) is 0 Å². The lowest BCUT2D eigenvalue weighted by Gasteiger charge is -2.29. The van der Waals surface area contributed by atoms with Crippen LogP contribution in [0.5, 0.6) is 0 Å². The SMILES string of the molecule is O=CN(O)CC(CC1CCCC1)C(=O)N1NCCC1C(=O)Nc1cncnc1. The Morgan fingerprint density at radius 3 is 2.71 bits per heavy atom. The lowest BCUT2D eigenvalue weighted by molar-refractivity contribution is -0.159. The summed E-state index contributed by atoms with van der Waals surface area (Å²) in [7, 11) is 0. The van der Waals surface area contributed by atoms with Gasteiger partial charge in [-0.25, -0.2) is 20.5 Å². The Kier molecular flexibility index (Phi) is 6.88. The number of hydrazine groups is 1. The summed E-state index contributed by atoms with van der Waals surface area (Å²) in [4.78, 5) is 44.4. The molecule has 1 aromatic rings. The number of carbonyl (C=O) groups excluding carboxylic acids is 3. The number of hydroxylamine groups is 2. The average molecular weight is 390 g/mol. The van der Waals surface area contributed by atoms with E-state index < -0.39 is 12.0 Å². The first-order valence-corrected chi connectivity index (χ1v) is 9.61. The molecule has 2 unspecified atom stereocenters. The van der Waals surface area contributed by atoms with E-state index in [1.807, 2.05) is 0 Å². The van der Waals surface area contributed by atoms with Crippen LogP contribution < -0.4 is 10.7 Å². The maximum absolute atomic E-state index is 13.2. The summed E-state index contributed by atoms with van der Waals surface area (Å²) in [6.07, 6.45) is 10.0. The van der Waals surface area contributed by atoms with Gasteiger partial charge in [-0.1, -0.05) is 25.7 Å². The third kappa shape index (κ3) is 5.02. The van der Waals surface area contributed by atoms with Crippen molar-refractivity contribution in [3.8, 4) is 0 Å². The summed E-state index contributed by atoms with van der Waals surface area (Å²) < 4.78 is 0. The molecule has 3 amide bonds. The van der Waals surface area contributed by atoms with E-state index in [2.05, 4.69) is 20.7 Å². The number of carbonyl (C=O) groups is 3. The minimum absolute atomic E-state index is 0.0854. The molecule has 1 saturated carbocycles. The van der Waals surface area contributed by atoms with Crippen LogP contribution in [0.2, 0.25) is 0 Å². The highest BCUT2D eigenvalue weighted by atomic mass is 16.5. The van der Waals surface area contributed by atoms with Crippen LogP contribution in [-0.2, 0) is 14.4 Å². The highest BCUT2D eigenvalue weighted by Gasteiger charge is 2.39. The normalized spacial score (nSPS) is 20.8. The van der Waals surface area contributed by atoms with Crippen molar-refractivity contribution in [3.05, 3.63) is 18.7 Å². The van der Waals surface area contributed by atoms with Crippen molar-refractivity contribution >= 4 is 23.9 Å². The van der Waals surface area contributed by atoms with E-state index in [0.717, 1.165) is 25.7 Å². The van der Waals surface area contributed by atoms with Crippen molar-refractivity contribution in [1.29, 1.82) is 0 Å². The Balaban J connectivity index is 1.68. The van der Waals surface area contributed by atoms with Gasteiger partial charge < -0.3 is 5.32 Å². The van der Waals surface area contributed by atoms with Crippen molar-refractivity contribution in [2.24, 2.45) is 11.8 Å². The molecule has 152 valence electrons. The van der Waals surface area contributed by atoms with Crippen molar-refractivity contribution in [1.82, 2.24) is 25.5 Å². The van der Waals surface area contributed by atoms with Crippen molar-refractivity contribution < 1.29 is 19.6 Å². The minimum atomic E-state index is -0.679. The Morgan fingerprint density at radius 1 is 1.32 bits per heavy atom. The van der Waals surface area contributed by atoms with E-state index in [4.69, 9.17) is 0 Å². The molecule has 1 saturated heterocycles. The van der Waals surface area contributed by atoms with Gasteiger partial charge in [-0.3, -0.25) is 24.6 Å². The van der Waals surface area contributed by atoms with Gasteiger partial charge in [-0.15, -0.1) is 0 Å². The second kappa shape index (κ2) is 9.56. The van der Waals surface area contributed by atoms with Crippen LogP contribution >= 0.6 is 0 Å². The van der Waals surface area contributed by atoms with Crippen LogP contribution in [0.3, 0.4) is 0 Å². The van der Waals surface area contributed by atoms with E-state index in [1.165, 1.54) is 23.7 Å². The molecule has 28 heavy (non-hydrogen) atoms. The second-order valence-corrected chi connectivity index (χ2v) is 7.35. The molecule has 0 aromatic carbocycles. The molecule has 2 atom stereocenters. The second-order valence-electron chi connectivity index (χ2n) is 7.35. The molecule has 10 nitrogen and oxygen atoms in total. The fourth-order valence-corrected chi connectivity index (χ4v) is 4.00. The van der Waals surface area contributed by atoms with E-state index in [9.17, 15) is 19.6 Å². The third-order valence-corrected chi connectivity index (χ3v) is 5.35. The topological polar surface area (TPSA) is 128 Å². The molecule has 0 bridgehead atoms. The quantitative estimate of drug-likeness (QED) is 0.336. The number of hydrogen-bond donors (Lipinski definition) is 3. The van der Waals surface area contributed by atoms with Gasteiger partial charge in [0.2, 0.25) is 18.2 Å². The summed E-state index contributed by atoms with van der Waals surface area (Å²) in [5.41, 5.74) is 3.43. The smallest absolute Gasteiger partial charge is 0.248 e. The van der Waals surface area contributed by atoms with Gasteiger partial charge in [-0.05, 0) is 18.8 Å². The number of amides is 3. The summed E-state index contributed by atoms with van der Waals surface area (Å²) in [6, 6.07) is -0.679. The molecule has 10 heteroatoms. The molecule has 2 heterocycles. The van der Waals surface area contributed by atoms with Crippen molar-refractivity contribution in [2.75, 3.05) is 18.4 Å². The zero-order valence-corrected chi connectivity index (χ0v) is 15.7. The van der Waals surface area contributed by atoms with Gasteiger partial charge in [-0.2, -0.15) is 0 Å². The molecule has 1 aliphatic heterocycles. The van der Waals surface area contributed by atoms with Crippen LogP contribution in [0.4, 0.5) is 5.69 Å². The molecule has 1 aliphatic carbocycles. The first kappa shape index (κ1) is 20.2. The Morgan fingerprint density at radius 2 is 2.04 bits per heavy atom. The predicted molar refractivity (Wildman–Crippen MR) is 98.5 cm³/mol. The Hall–Kier alpha value is -2.59. The molecule has 0 spiro atoms. The zero-order chi connectivity index (χ0) is 19.9. The number of nitrogens with one attached hydrogen (secondary N) is 2. The lowest BCUT2D eigenvalue weighted by atomic mass is 9.92. The largest absolute Gasteiger partial charge is 0.322 e. The molecule has 0 radical (unpaired) electrons. The van der Waals surface area contributed by atoms with Gasteiger partial charge in [0, 0.05) is 6.54 Å². The number of nitrogens with zero attached hydrogens (tertiary/aromatic N) is 4. The summed E-state index contributed by atoms with van der Waals surface area (Å²) in [5.74, 6) is -0.789. The van der Waals surface area contributed by atoms with Gasteiger partial charge in [0.15, 0.2) is 0 Å². The molecule has 3 N–H and O–H groups in total. The first-order chi connectivity index (χ1) is 13.6. The maximum Gasteiger partial charge on any atom is 0.248 e. The number of aromatic nitrogens is 2. The molecular formula is C18H26N6O4. The summed E-state index contributed by atoms with van der Waals surface area (Å²) in [6.45, 7) is 0.402. The molecule has 1 aromatic heterocycles. The van der Waals surface area contributed by atoms with Gasteiger partial charge >= 0.3 is 0 Å². The van der Waals surface area contributed by atoms with Crippen molar-refractivity contribution in [3.63, 3.8) is 0 Å².